The van der Waals surface area contributed by atoms with Crippen LogP contribution in [0.5, 0.6) is 0 Å². The minimum atomic E-state index is -0.659. The molecule has 264 valence electrons. The van der Waals surface area contributed by atoms with Crippen LogP contribution in [0.1, 0.15) is 22.3 Å². The van der Waals surface area contributed by atoms with Gasteiger partial charge in [0, 0.05) is 27.6 Å². The van der Waals surface area contributed by atoms with Gasteiger partial charge >= 0.3 is 0 Å². The lowest BCUT2D eigenvalue weighted by atomic mass is 9.65. The van der Waals surface area contributed by atoms with E-state index in [2.05, 4.69) is 205 Å². The molecule has 0 bridgehead atoms. The van der Waals surface area contributed by atoms with Crippen molar-refractivity contribution in [2.45, 2.75) is 5.41 Å². The molecule has 2 heteroatoms. The van der Waals surface area contributed by atoms with Crippen molar-refractivity contribution in [1.29, 1.82) is 0 Å². The van der Waals surface area contributed by atoms with Crippen molar-refractivity contribution in [3.63, 3.8) is 0 Å². The van der Waals surface area contributed by atoms with Gasteiger partial charge < -0.3 is 9.32 Å². The summed E-state index contributed by atoms with van der Waals surface area (Å²) in [6.45, 7) is 0. The van der Waals surface area contributed by atoms with Crippen LogP contribution in [0.15, 0.2) is 205 Å². The van der Waals surface area contributed by atoms with Crippen LogP contribution in [-0.4, -0.2) is 0 Å². The lowest BCUT2D eigenvalue weighted by Crippen LogP contribution is -2.29. The summed E-state index contributed by atoms with van der Waals surface area (Å²) in [5, 5.41) is 2.29. The smallest absolute Gasteiger partial charge is 0.135 e. The topological polar surface area (TPSA) is 16.4 Å². The molecule has 1 aliphatic heterocycles. The van der Waals surface area contributed by atoms with E-state index in [1.54, 1.807) is 0 Å². The average molecular weight is 724 g/mol. The van der Waals surface area contributed by atoms with Gasteiger partial charge in [-0.25, -0.2) is 0 Å². The quantitative estimate of drug-likeness (QED) is 0.168. The molecule has 13 rings (SSSR count). The number of benzene rings is 9. The van der Waals surface area contributed by atoms with E-state index in [1.807, 2.05) is 0 Å². The van der Waals surface area contributed by atoms with Crippen molar-refractivity contribution in [3.05, 3.63) is 222 Å². The predicted molar refractivity (Wildman–Crippen MR) is 235 cm³/mol. The molecule has 0 amide bonds. The van der Waals surface area contributed by atoms with Crippen molar-refractivity contribution in [2.24, 2.45) is 0 Å². The third-order valence-corrected chi connectivity index (χ3v) is 12.8. The van der Waals surface area contributed by atoms with E-state index in [4.69, 9.17) is 4.42 Å². The summed E-state index contributed by atoms with van der Waals surface area (Å²) in [5.74, 6) is 0. The Labute approximate surface area is 330 Å². The van der Waals surface area contributed by atoms with Gasteiger partial charge in [0.05, 0.1) is 16.8 Å². The van der Waals surface area contributed by atoms with Crippen molar-refractivity contribution in [1.82, 2.24) is 0 Å². The second-order valence-corrected chi connectivity index (χ2v) is 15.5. The summed E-state index contributed by atoms with van der Waals surface area (Å²) < 4.78 is 6.71. The third-order valence-electron chi connectivity index (χ3n) is 12.8. The summed E-state index contributed by atoms with van der Waals surface area (Å²) in [6.07, 6.45) is 0. The molecule has 0 radical (unpaired) electrons. The maximum absolute atomic E-state index is 6.71. The summed E-state index contributed by atoms with van der Waals surface area (Å²) >= 11 is 0. The zero-order valence-electron chi connectivity index (χ0n) is 30.9. The van der Waals surface area contributed by atoms with Gasteiger partial charge in [-0.3, -0.25) is 0 Å². The van der Waals surface area contributed by atoms with Gasteiger partial charge in [-0.2, -0.15) is 0 Å². The summed E-state index contributed by atoms with van der Waals surface area (Å²) in [4.78, 5) is 2.49. The Morgan fingerprint density at radius 2 is 0.754 bits per heavy atom. The van der Waals surface area contributed by atoms with Gasteiger partial charge in [0.2, 0.25) is 0 Å². The summed E-state index contributed by atoms with van der Waals surface area (Å²) in [6, 6.07) is 74.2. The highest BCUT2D eigenvalue weighted by atomic mass is 16.3. The first-order valence-corrected chi connectivity index (χ1v) is 19.8. The zero-order chi connectivity index (χ0) is 37.2. The number of furan rings is 1. The first kappa shape index (κ1) is 30.9. The number of para-hydroxylation sites is 3. The average Bonchev–Trinajstić information content (AvgIpc) is 3.70. The van der Waals surface area contributed by atoms with Crippen molar-refractivity contribution in [3.8, 4) is 55.6 Å². The van der Waals surface area contributed by atoms with Gasteiger partial charge in [-0.15, -0.1) is 0 Å². The van der Waals surface area contributed by atoms with E-state index in [-0.39, 0.29) is 0 Å². The normalized spacial score (nSPS) is 15.4. The molecule has 1 aromatic heterocycles. The van der Waals surface area contributed by atoms with Crippen LogP contribution >= 0.6 is 0 Å². The number of fused-ring (bicyclic) bond motifs is 20. The van der Waals surface area contributed by atoms with E-state index >= 15 is 0 Å². The Balaban J connectivity index is 1.19. The lowest BCUT2D eigenvalue weighted by Gasteiger charge is -2.36. The Morgan fingerprint density at radius 3 is 1.39 bits per heavy atom. The molecule has 2 aliphatic carbocycles. The molecule has 0 saturated carbocycles. The third kappa shape index (κ3) is 3.99. The molecule has 3 aliphatic rings. The van der Waals surface area contributed by atoms with Crippen LogP contribution in [0.4, 0.5) is 17.1 Å². The van der Waals surface area contributed by atoms with Gasteiger partial charge in [0.15, 0.2) is 0 Å². The van der Waals surface area contributed by atoms with Gasteiger partial charge in [0.1, 0.15) is 11.2 Å². The van der Waals surface area contributed by atoms with Gasteiger partial charge in [-0.05, 0) is 109 Å². The molecule has 9 aromatic carbocycles. The van der Waals surface area contributed by atoms with E-state index in [0.29, 0.717) is 0 Å². The fourth-order valence-electron chi connectivity index (χ4n) is 10.6. The molecule has 0 saturated heterocycles. The number of nitrogens with zero attached hydrogens (tertiary/aromatic N) is 1. The molecule has 2 nitrogen and oxygen atoms in total. The van der Waals surface area contributed by atoms with Crippen LogP contribution in [0.2, 0.25) is 0 Å². The molecule has 1 atom stereocenters. The van der Waals surface area contributed by atoms with E-state index < -0.39 is 5.41 Å². The number of hydrogen-bond acceptors (Lipinski definition) is 2. The Kier molecular flexibility index (Phi) is 6.13. The van der Waals surface area contributed by atoms with Gasteiger partial charge in [0.25, 0.3) is 0 Å². The molecular formula is C55H33NO. The number of anilines is 3. The van der Waals surface area contributed by atoms with Crippen LogP contribution in [0.3, 0.4) is 0 Å². The molecular weight excluding hydrogens is 691 g/mol. The van der Waals surface area contributed by atoms with Crippen LogP contribution < -0.4 is 4.90 Å². The van der Waals surface area contributed by atoms with E-state index in [9.17, 15) is 0 Å². The predicted octanol–water partition coefficient (Wildman–Crippen LogP) is 14.7. The molecule has 1 unspecified atom stereocenters. The summed E-state index contributed by atoms with van der Waals surface area (Å²) in [7, 11) is 0. The zero-order valence-corrected chi connectivity index (χ0v) is 30.9. The monoisotopic (exact) mass is 723 g/mol. The minimum absolute atomic E-state index is 0.659. The Bertz CT molecular complexity index is 3260. The minimum Gasteiger partial charge on any atom is -0.456 e. The van der Waals surface area contributed by atoms with Gasteiger partial charge in [-0.1, -0.05) is 158 Å². The molecule has 0 fully saturated rings. The molecule has 10 aromatic rings. The standard InChI is InChI=1S/C55H33NO/c1-2-16-36-35(15-1)39-19-5-10-24-47(39)55(48-25-11-6-20-40(48)45-32-46-44-23-9-14-28-53(44)57-54(46)33-50(45)55)49-31-34(29-30-41(36)49)56-51-26-12-7-21-42(51)37-17-3-4-18-38(37)43-22-8-13-27-52(43)56/h1-33H. The second-order valence-electron chi connectivity index (χ2n) is 15.5. The lowest BCUT2D eigenvalue weighted by molar-refractivity contribution is 0.666. The Morgan fingerprint density at radius 1 is 0.298 bits per heavy atom. The molecule has 1 spiro atoms. The fraction of sp³-hybridized carbons (Fsp3) is 0.0182. The molecule has 57 heavy (non-hydrogen) atoms. The fourth-order valence-corrected chi connectivity index (χ4v) is 10.6. The van der Waals surface area contributed by atoms with Crippen LogP contribution in [-0.2, 0) is 5.41 Å². The van der Waals surface area contributed by atoms with Crippen molar-refractivity contribution < 1.29 is 4.42 Å². The van der Waals surface area contributed by atoms with Crippen LogP contribution in [0.25, 0.3) is 77.6 Å². The van der Waals surface area contributed by atoms with E-state index in [0.717, 1.165) is 39.0 Å². The highest BCUT2D eigenvalue weighted by molar-refractivity contribution is 6.09. The maximum atomic E-state index is 6.71. The first-order chi connectivity index (χ1) is 28.3. The maximum Gasteiger partial charge on any atom is 0.135 e. The second kappa shape index (κ2) is 11.3. The van der Waals surface area contributed by atoms with Crippen molar-refractivity contribution >= 4 is 39.0 Å². The molecule has 0 N–H and O–H groups in total. The van der Waals surface area contributed by atoms with Crippen molar-refractivity contribution in [2.75, 3.05) is 4.90 Å². The highest BCUT2D eigenvalue weighted by Crippen LogP contribution is 2.63. The molecule has 2 heterocycles. The largest absolute Gasteiger partial charge is 0.456 e. The summed E-state index contributed by atoms with van der Waals surface area (Å²) in [5.41, 5.74) is 22.1. The SMILES string of the molecule is c1ccc2c(c1)-c1ccccc1N(c1ccc3c(c1)C1(c4ccccc4-c4ccccc4-3)c3ccccc3-c3cc4c(cc31)oc1ccccc14)c1ccccc1-2. The highest BCUT2D eigenvalue weighted by Gasteiger charge is 2.50. The number of hydrogen-bond donors (Lipinski definition) is 0. The number of rotatable bonds is 1. The first-order valence-electron chi connectivity index (χ1n) is 19.8. The Hall–Kier alpha value is -7.42. The van der Waals surface area contributed by atoms with Crippen LogP contribution in [0, 0.1) is 0 Å². The van der Waals surface area contributed by atoms with E-state index in [1.165, 1.54) is 77.9 Å².